The topological polar surface area (TPSA) is 106 Å². The molecule has 5 aliphatic rings. The van der Waals surface area contributed by atoms with Crippen molar-refractivity contribution in [1.29, 1.82) is 0 Å². The Hall–Kier alpha value is -4.67. The Morgan fingerprint density at radius 3 is 1.28 bits per heavy atom. The molecule has 7 heterocycles. The summed E-state index contributed by atoms with van der Waals surface area (Å²) in [6.07, 6.45) is 4.07. The maximum absolute atomic E-state index is 13.2. The first kappa shape index (κ1) is 48.4. The second-order valence-electron chi connectivity index (χ2n) is 21.7. The summed E-state index contributed by atoms with van der Waals surface area (Å²) in [5.74, 6) is 0.0928. The van der Waals surface area contributed by atoms with E-state index >= 15 is 0 Å². The molecule has 0 aliphatic carbocycles. The summed E-state index contributed by atoms with van der Waals surface area (Å²) in [6.45, 7) is 25.6. The van der Waals surface area contributed by atoms with Crippen molar-refractivity contribution in [2.45, 2.75) is 130 Å². The highest BCUT2D eigenvalue weighted by Crippen LogP contribution is 2.43. The molecule has 2 aromatic heterocycles. The number of hydrogen-bond donors (Lipinski definition) is 0. The van der Waals surface area contributed by atoms with Gasteiger partial charge < -0.3 is 46.9 Å². The highest BCUT2D eigenvalue weighted by Gasteiger charge is 2.64. The standard InChI is InChI=1S/C23H25BN2O3.C17H13BrN2O.C12H24B2O4/c1-22(2)23(3,4)29-24(28-22)17-7-6-16-14-26(21(27)19(16)13-17)18-8-9-20-15(12-18)10-11-25(20)5;1-19-7-6-11-8-14(4-5-16(11)19)20-10-12-2-3-13(18)9-15(12)17(20)21;1-9(2)10(3,4)16-13(15-9)14-17-11(5,6)12(7,8)18-14/h6-13H,14H2,1-5H3;2-9H,10H2,1H3;1-8H3. The van der Waals surface area contributed by atoms with Crippen molar-refractivity contribution in [3.05, 3.63) is 124 Å². The summed E-state index contributed by atoms with van der Waals surface area (Å²) in [5.41, 5.74) is 6.46. The number of rotatable bonds is 4. The molecule has 0 spiro atoms. The maximum Gasteiger partial charge on any atom is 0.494 e. The van der Waals surface area contributed by atoms with Gasteiger partial charge in [0, 0.05) is 75.3 Å². The highest BCUT2D eigenvalue weighted by atomic mass is 79.9. The predicted molar refractivity (Wildman–Crippen MR) is 275 cm³/mol. The fourth-order valence-corrected chi connectivity index (χ4v) is 9.37. The lowest BCUT2D eigenvalue weighted by Crippen LogP contribution is -2.41. The van der Waals surface area contributed by atoms with Crippen LogP contribution in [0, 0.1) is 0 Å². The van der Waals surface area contributed by atoms with Gasteiger partial charge in [0.1, 0.15) is 0 Å². The van der Waals surface area contributed by atoms with Gasteiger partial charge in [-0.1, -0.05) is 34.1 Å². The van der Waals surface area contributed by atoms with Crippen molar-refractivity contribution in [2.75, 3.05) is 9.80 Å². The van der Waals surface area contributed by atoms with E-state index in [0.29, 0.717) is 13.1 Å². The van der Waals surface area contributed by atoms with E-state index < -0.39 is 32.3 Å². The minimum Gasteiger partial charge on any atom is -0.405 e. The van der Waals surface area contributed by atoms with Crippen molar-refractivity contribution in [3.8, 4) is 0 Å². The molecule has 3 saturated heterocycles. The number of fused-ring (bicyclic) bond motifs is 4. The fourth-order valence-electron chi connectivity index (χ4n) is 9.01. The molecular weight excluding hydrogens is 921 g/mol. The number of amides is 2. The van der Waals surface area contributed by atoms with Crippen LogP contribution in [0.4, 0.5) is 11.4 Å². The molecule has 12 nitrogen and oxygen atoms in total. The first-order chi connectivity index (χ1) is 31.7. The predicted octanol–water partition coefficient (Wildman–Crippen LogP) is 9.99. The lowest BCUT2D eigenvalue weighted by atomic mass is 9.49. The van der Waals surface area contributed by atoms with Gasteiger partial charge in [0.25, 0.3) is 11.8 Å². The number of aromatic nitrogens is 2. The summed E-state index contributed by atoms with van der Waals surface area (Å²) in [7, 11) is 2.63. The van der Waals surface area contributed by atoms with Gasteiger partial charge in [0.15, 0.2) is 0 Å². The number of nitrogens with zero attached hydrogens (tertiary/aromatic N) is 4. The number of anilines is 2. The van der Waals surface area contributed by atoms with Crippen molar-refractivity contribution < 1.29 is 37.5 Å². The molecule has 5 aliphatic heterocycles. The Bertz CT molecular complexity index is 2900. The van der Waals surface area contributed by atoms with Gasteiger partial charge in [-0.2, -0.15) is 0 Å². The van der Waals surface area contributed by atoms with Gasteiger partial charge >= 0.3 is 21.1 Å². The molecule has 0 bridgehead atoms. The van der Waals surface area contributed by atoms with Crippen LogP contribution in [0.5, 0.6) is 0 Å². The smallest absolute Gasteiger partial charge is 0.405 e. The molecule has 4 aromatic carbocycles. The molecule has 0 N–H and O–H groups in total. The zero-order valence-corrected chi connectivity index (χ0v) is 43.4. The third-order valence-electron chi connectivity index (χ3n) is 15.5. The van der Waals surface area contributed by atoms with Crippen LogP contribution in [0.1, 0.15) is 115 Å². The van der Waals surface area contributed by atoms with Crippen LogP contribution in [0.25, 0.3) is 21.8 Å². The Kier molecular flexibility index (Phi) is 11.9. The second kappa shape index (κ2) is 16.7. The monoisotopic (exact) mass is 982 g/mol. The Labute approximate surface area is 410 Å². The van der Waals surface area contributed by atoms with Crippen LogP contribution >= 0.6 is 15.9 Å². The van der Waals surface area contributed by atoms with Crippen LogP contribution in [-0.4, -0.2) is 75.7 Å². The Balaban J connectivity index is 0.000000132. The van der Waals surface area contributed by atoms with Crippen molar-refractivity contribution in [2.24, 2.45) is 14.1 Å². The van der Waals surface area contributed by atoms with E-state index in [-0.39, 0.29) is 34.2 Å². The number of halogens is 1. The molecule has 0 unspecified atom stereocenters. The summed E-state index contributed by atoms with van der Waals surface area (Å²) < 4.78 is 41.3. The van der Waals surface area contributed by atoms with E-state index in [9.17, 15) is 9.59 Å². The van der Waals surface area contributed by atoms with Crippen LogP contribution < -0.4 is 15.3 Å². The minimum atomic E-state index is -0.476. The second-order valence-corrected chi connectivity index (χ2v) is 22.6. The quantitative estimate of drug-likeness (QED) is 0.161. The van der Waals surface area contributed by atoms with Gasteiger partial charge in [0.05, 0.1) is 46.7 Å². The third kappa shape index (κ3) is 8.47. The van der Waals surface area contributed by atoms with Gasteiger partial charge in [-0.05, 0) is 166 Å². The first-order valence-electron chi connectivity index (χ1n) is 23.4. The van der Waals surface area contributed by atoms with Crippen LogP contribution in [0.2, 0.25) is 0 Å². The minimum absolute atomic E-state index is 0.0219. The molecular formula is C52H62B3BrN4O8. The average Bonchev–Trinajstić information content (AvgIpc) is 4.11. The lowest BCUT2D eigenvalue weighted by molar-refractivity contribution is 0.00578. The van der Waals surface area contributed by atoms with Gasteiger partial charge in [-0.3, -0.25) is 9.59 Å². The van der Waals surface area contributed by atoms with Crippen LogP contribution in [0.3, 0.4) is 0 Å². The summed E-state index contributed by atoms with van der Waals surface area (Å²) in [4.78, 5) is 29.5. The van der Waals surface area contributed by atoms with E-state index in [4.69, 9.17) is 27.9 Å². The van der Waals surface area contributed by atoms with Gasteiger partial charge in [0.2, 0.25) is 0 Å². The maximum atomic E-state index is 13.2. The molecule has 0 atom stereocenters. The normalized spacial score (nSPS) is 21.3. The summed E-state index contributed by atoms with van der Waals surface area (Å²) in [5, 5.41) is 2.28. The molecule has 68 heavy (non-hydrogen) atoms. The van der Waals surface area contributed by atoms with E-state index in [0.717, 1.165) is 59.9 Å². The van der Waals surface area contributed by atoms with E-state index in [2.05, 4.69) is 61.5 Å². The molecule has 2 amide bonds. The molecule has 16 heteroatoms. The first-order valence-corrected chi connectivity index (χ1v) is 24.2. The zero-order chi connectivity index (χ0) is 49.1. The summed E-state index contributed by atoms with van der Waals surface area (Å²) >= 11 is 3.43. The van der Waals surface area contributed by atoms with Gasteiger partial charge in [-0.25, -0.2) is 0 Å². The number of benzene rings is 4. The van der Waals surface area contributed by atoms with E-state index in [1.807, 2.05) is 168 Å². The van der Waals surface area contributed by atoms with Crippen molar-refractivity contribution in [3.63, 3.8) is 0 Å². The van der Waals surface area contributed by atoms with E-state index in [1.54, 1.807) is 0 Å². The number of hydrogen-bond acceptors (Lipinski definition) is 8. The third-order valence-corrected chi connectivity index (χ3v) is 16.0. The van der Waals surface area contributed by atoms with Crippen molar-refractivity contribution in [1.82, 2.24) is 9.13 Å². The highest BCUT2D eigenvalue weighted by molar-refractivity contribution is 9.10. The number of aryl methyl sites for hydroxylation is 2. The molecule has 0 saturated carbocycles. The summed E-state index contributed by atoms with van der Waals surface area (Å²) in [6, 6.07) is 28.3. The number of carbonyl (C=O) groups excluding carboxylic acids is 2. The average molecular weight is 983 g/mol. The fraction of sp³-hybridized carbons (Fsp3) is 0.423. The molecule has 354 valence electrons. The number of carbonyl (C=O) groups is 2. The Morgan fingerprint density at radius 2 is 0.853 bits per heavy atom. The molecule has 0 radical (unpaired) electrons. The molecule has 11 rings (SSSR count). The van der Waals surface area contributed by atoms with Crippen LogP contribution in [0.15, 0.2) is 102 Å². The molecule has 6 aromatic rings. The Morgan fingerprint density at radius 1 is 0.471 bits per heavy atom. The SMILES string of the molecule is CC1(C)OB(B2OC(C)(C)C(C)(C)O2)OC1(C)C.Cn1ccc2cc(N3Cc4ccc(B5OC(C)(C)C(C)(C)O5)cc4C3=O)ccc21.Cn1ccc2cc(N3Cc4ccc(Br)cc4C3=O)ccc21. The molecule has 3 fully saturated rings. The van der Waals surface area contributed by atoms with E-state index in [1.165, 1.54) is 5.52 Å². The zero-order valence-electron chi connectivity index (χ0n) is 41.8. The lowest BCUT2D eigenvalue weighted by Gasteiger charge is -2.32. The van der Waals surface area contributed by atoms with Crippen molar-refractivity contribution >= 4 is 87.5 Å². The largest absolute Gasteiger partial charge is 0.494 e. The van der Waals surface area contributed by atoms with Crippen LogP contribution in [-0.2, 0) is 55.1 Å². The van der Waals surface area contributed by atoms with Gasteiger partial charge in [-0.15, -0.1) is 0 Å².